The number of hydrogen-bond acceptors (Lipinski definition) is 7. The molecule has 1 N–H and O–H groups in total. The molecule has 0 atom stereocenters. The lowest BCUT2D eigenvalue weighted by Gasteiger charge is -2.18. The van der Waals surface area contributed by atoms with Crippen LogP contribution in [0, 0.1) is 6.92 Å². The Morgan fingerprint density at radius 1 is 1.33 bits per heavy atom. The highest BCUT2D eigenvalue weighted by Crippen LogP contribution is 2.34. The van der Waals surface area contributed by atoms with Crippen molar-refractivity contribution in [1.82, 2.24) is 4.98 Å². The maximum Gasteiger partial charge on any atom is 0.350 e. The van der Waals surface area contributed by atoms with Gasteiger partial charge < -0.3 is 19.5 Å². The maximum absolute atomic E-state index is 11.6. The van der Waals surface area contributed by atoms with E-state index in [9.17, 15) is 4.79 Å². The Labute approximate surface area is 125 Å². The van der Waals surface area contributed by atoms with Crippen LogP contribution in [-0.4, -0.2) is 31.3 Å². The molecular weight excluding hydrogens is 292 g/mol. The second-order valence-electron chi connectivity index (χ2n) is 4.41. The average molecular weight is 306 g/mol. The van der Waals surface area contributed by atoms with Crippen LogP contribution in [0.1, 0.15) is 15.4 Å². The van der Waals surface area contributed by atoms with Crippen molar-refractivity contribution in [3.05, 3.63) is 28.8 Å². The van der Waals surface area contributed by atoms with Crippen molar-refractivity contribution < 1.29 is 19.0 Å². The van der Waals surface area contributed by atoms with Crippen LogP contribution in [0.2, 0.25) is 0 Å². The van der Waals surface area contributed by atoms with E-state index < -0.39 is 0 Å². The Balaban J connectivity index is 1.82. The van der Waals surface area contributed by atoms with Gasteiger partial charge in [-0.2, -0.15) is 0 Å². The Kier molecular flexibility index (Phi) is 3.66. The summed E-state index contributed by atoms with van der Waals surface area (Å²) < 4.78 is 15.7. The van der Waals surface area contributed by atoms with Gasteiger partial charge in [0, 0.05) is 11.8 Å². The van der Waals surface area contributed by atoms with Gasteiger partial charge in [-0.1, -0.05) is 11.3 Å². The number of methoxy groups -OCH3 is 1. The summed E-state index contributed by atoms with van der Waals surface area (Å²) in [7, 11) is 1.36. The number of fused-ring (bicyclic) bond motifs is 1. The third kappa shape index (κ3) is 2.78. The van der Waals surface area contributed by atoms with Gasteiger partial charge in [-0.15, -0.1) is 0 Å². The highest BCUT2D eigenvalue weighted by atomic mass is 32.1. The zero-order valence-electron chi connectivity index (χ0n) is 11.6. The van der Waals surface area contributed by atoms with E-state index in [0.717, 1.165) is 11.4 Å². The molecule has 1 aromatic carbocycles. The number of benzene rings is 1. The number of anilines is 2. The number of carbonyl (C=O) groups is 1. The lowest BCUT2D eigenvalue weighted by atomic mass is 10.2. The van der Waals surface area contributed by atoms with Crippen LogP contribution in [0.15, 0.2) is 18.2 Å². The fourth-order valence-electron chi connectivity index (χ4n) is 1.98. The Morgan fingerprint density at radius 2 is 2.10 bits per heavy atom. The molecule has 1 aromatic heterocycles. The first-order valence-corrected chi connectivity index (χ1v) is 7.21. The molecule has 0 saturated heterocycles. The maximum atomic E-state index is 11.6. The molecule has 0 fully saturated rings. The lowest BCUT2D eigenvalue weighted by molar-refractivity contribution is 0.0605. The van der Waals surface area contributed by atoms with Crippen LogP contribution in [0.5, 0.6) is 11.5 Å². The molecular formula is C14H14N2O4S. The van der Waals surface area contributed by atoms with Gasteiger partial charge in [-0.05, 0) is 19.1 Å². The van der Waals surface area contributed by atoms with Crippen molar-refractivity contribution in [3.63, 3.8) is 0 Å². The number of thiazole rings is 1. The summed E-state index contributed by atoms with van der Waals surface area (Å²) in [4.78, 5) is 16.4. The smallest absolute Gasteiger partial charge is 0.350 e. The number of nitrogens with one attached hydrogen (secondary N) is 1. The quantitative estimate of drug-likeness (QED) is 0.879. The first-order chi connectivity index (χ1) is 10.2. The van der Waals surface area contributed by atoms with Gasteiger partial charge in [-0.3, -0.25) is 0 Å². The average Bonchev–Trinajstić information content (AvgIpc) is 2.87. The van der Waals surface area contributed by atoms with E-state index in [4.69, 9.17) is 14.2 Å². The fraction of sp³-hybridized carbons (Fsp3) is 0.286. The van der Waals surface area contributed by atoms with Crippen LogP contribution >= 0.6 is 11.3 Å². The Hall–Kier alpha value is -2.28. The molecule has 110 valence electrons. The van der Waals surface area contributed by atoms with Gasteiger partial charge in [-0.25, -0.2) is 9.78 Å². The number of ether oxygens (including phenoxy) is 3. The molecule has 2 heterocycles. The molecule has 6 nitrogen and oxygen atoms in total. The predicted molar refractivity (Wildman–Crippen MR) is 78.9 cm³/mol. The molecule has 0 saturated carbocycles. The van der Waals surface area contributed by atoms with Gasteiger partial charge in [0.25, 0.3) is 0 Å². The second-order valence-corrected chi connectivity index (χ2v) is 5.41. The third-order valence-electron chi connectivity index (χ3n) is 2.96. The van der Waals surface area contributed by atoms with Crippen LogP contribution in [0.3, 0.4) is 0 Å². The summed E-state index contributed by atoms with van der Waals surface area (Å²) in [5, 5.41) is 3.79. The van der Waals surface area contributed by atoms with E-state index in [1.165, 1.54) is 18.4 Å². The highest BCUT2D eigenvalue weighted by Gasteiger charge is 2.17. The minimum Gasteiger partial charge on any atom is -0.486 e. The summed E-state index contributed by atoms with van der Waals surface area (Å²) in [6.45, 7) is 2.88. The molecule has 1 aliphatic heterocycles. The normalized spacial score (nSPS) is 12.9. The van der Waals surface area contributed by atoms with E-state index in [2.05, 4.69) is 10.3 Å². The standard InChI is InChI=1S/C14H14N2O4S/c1-8-12(13(17)18-2)21-14(15-8)16-9-3-4-10-11(7-9)20-6-5-19-10/h3-4,7H,5-6H2,1-2H3,(H,15,16). The molecule has 21 heavy (non-hydrogen) atoms. The molecule has 7 heteroatoms. The minimum atomic E-state index is -0.375. The second kappa shape index (κ2) is 5.61. The van der Waals surface area contributed by atoms with Crippen molar-refractivity contribution >= 4 is 28.1 Å². The largest absolute Gasteiger partial charge is 0.486 e. The van der Waals surface area contributed by atoms with Crippen molar-refractivity contribution in [2.24, 2.45) is 0 Å². The number of carbonyl (C=O) groups excluding carboxylic acids is 1. The zero-order valence-corrected chi connectivity index (χ0v) is 12.5. The number of aryl methyl sites for hydroxylation is 1. The molecule has 0 aliphatic carbocycles. The van der Waals surface area contributed by atoms with E-state index in [-0.39, 0.29) is 5.97 Å². The van der Waals surface area contributed by atoms with Crippen LogP contribution in [0.25, 0.3) is 0 Å². The van der Waals surface area contributed by atoms with Gasteiger partial charge in [0.1, 0.15) is 18.1 Å². The molecule has 0 amide bonds. The predicted octanol–water partition coefficient (Wildman–Crippen LogP) is 2.75. The monoisotopic (exact) mass is 306 g/mol. The topological polar surface area (TPSA) is 69.7 Å². The molecule has 0 spiro atoms. The molecule has 2 aromatic rings. The minimum absolute atomic E-state index is 0.375. The van der Waals surface area contributed by atoms with Crippen LogP contribution < -0.4 is 14.8 Å². The van der Waals surface area contributed by atoms with Gasteiger partial charge in [0.05, 0.1) is 12.8 Å². The molecule has 1 aliphatic rings. The van der Waals surface area contributed by atoms with E-state index >= 15 is 0 Å². The van der Waals surface area contributed by atoms with Crippen LogP contribution in [-0.2, 0) is 4.74 Å². The molecule has 0 bridgehead atoms. The van der Waals surface area contributed by atoms with E-state index in [1.807, 2.05) is 18.2 Å². The molecule has 0 radical (unpaired) electrons. The van der Waals surface area contributed by atoms with Gasteiger partial charge in [0.15, 0.2) is 16.6 Å². The molecule has 0 unspecified atom stereocenters. The highest BCUT2D eigenvalue weighted by molar-refractivity contribution is 7.17. The number of aromatic nitrogens is 1. The Morgan fingerprint density at radius 3 is 2.86 bits per heavy atom. The SMILES string of the molecule is COC(=O)c1sc(Nc2ccc3c(c2)OCCO3)nc1C. The summed E-state index contributed by atoms with van der Waals surface area (Å²) in [6, 6.07) is 5.57. The van der Waals surface area contributed by atoms with Gasteiger partial charge in [0.2, 0.25) is 0 Å². The first-order valence-electron chi connectivity index (χ1n) is 6.40. The Bertz CT molecular complexity index is 684. The zero-order chi connectivity index (χ0) is 14.8. The summed E-state index contributed by atoms with van der Waals surface area (Å²) >= 11 is 1.26. The van der Waals surface area contributed by atoms with E-state index in [1.54, 1.807) is 6.92 Å². The van der Waals surface area contributed by atoms with E-state index in [0.29, 0.717) is 34.7 Å². The summed E-state index contributed by atoms with van der Waals surface area (Å²) in [6.07, 6.45) is 0. The van der Waals surface area contributed by atoms with Crippen molar-refractivity contribution in [2.45, 2.75) is 6.92 Å². The number of hydrogen-bond donors (Lipinski definition) is 1. The van der Waals surface area contributed by atoms with Crippen molar-refractivity contribution in [3.8, 4) is 11.5 Å². The third-order valence-corrected chi connectivity index (χ3v) is 4.01. The van der Waals surface area contributed by atoms with Crippen molar-refractivity contribution in [1.29, 1.82) is 0 Å². The van der Waals surface area contributed by atoms with Crippen molar-refractivity contribution in [2.75, 3.05) is 25.6 Å². The first kappa shape index (κ1) is 13.7. The summed E-state index contributed by atoms with van der Waals surface area (Å²) in [5.74, 6) is 1.06. The number of esters is 1. The fourth-order valence-corrected chi connectivity index (χ4v) is 2.88. The molecule has 3 rings (SSSR count). The number of rotatable bonds is 3. The summed E-state index contributed by atoms with van der Waals surface area (Å²) in [5.41, 5.74) is 1.47. The van der Waals surface area contributed by atoms with Gasteiger partial charge >= 0.3 is 5.97 Å². The van der Waals surface area contributed by atoms with Crippen LogP contribution in [0.4, 0.5) is 10.8 Å². The number of nitrogens with zero attached hydrogens (tertiary/aromatic N) is 1. The lowest BCUT2D eigenvalue weighted by Crippen LogP contribution is -2.15.